The quantitative estimate of drug-likeness (QED) is 0.739. The molecule has 110 valence electrons. The van der Waals surface area contributed by atoms with Gasteiger partial charge < -0.3 is 9.64 Å². The molecule has 1 amide bonds. The van der Waals surface area contributed by atoms with E-state index in [1.807, 2.05) is 0 Å². The highest BCUT2D eigenvalue weighted by Crippen LogP contribution is 2.65. The smallest absolute Gasteiger partial charge is 0.254 e. The monoisotopic (exact) mass is 283 g/mol. The summed E-state index contributed by atoms with van der Waals surface area (Å²) >= 11 is 0. The van der Waals surface area contributed by atoms with Crippen molar-refractivity contribution >= 4 is 5.91 Å². The molecule has 0 aromatic rings. The number of nitrogens with zero attached hydrogens (tertiary/aromatic N) is 1. The van der Waals surface area contributed by atoms with Crippen LogP contribution in [0.4, 0.5) is 8.78 Å². The van der Waals surface area contributed by atoms with E-state index in [0.717, 1.165) is 31.6 Å². The van der Waals surface area contributed by atoms with Crippen LogP contribution in [0.3, 0.4) is 0 Å². The van der Waals surface area contributed by atoms with Crippen molar-refractivity contribution in [2.45, 2.75) is 38.0 Å². The molecular formula is C15H19F2NO2. The number of hydrogen-bond donors (Lipinski definition) is 0. The highest BCUT2D eigenvalue weighted by atomic mass is 19.3. The zero-order valence-corrected chi connectivity index (χ0v) is 11.5. The van der Waals surface area contributed by atoms with Gasteiger partial charge in [0, 0.05) is 42.5 Å². The first-order valence-corrected chi connectivity index (χ1v) is 7.42. The van der Waals surface area contributed by atoms with Gasteiger partial charge in [-0.3, -0.25) is 4.79 Å². The lowest BCUT2D eigenvalue weighted by Crippen LogP contribution is -2.44. The molecule has 1 unspecified atom stereocenters. The van der Waals surface area contributed by atoms with Crippen LogP contribution in [0.15, 0.2) is 11.6 Å². The number of hydrogen-bond acceptors (Lipinski definition) is 2. The van der Waals surface area contributed by atoms with E-state index in [2.05, 4.69) is 6.08 Å². The van der Waals surface area contributed by atoms with E-state index in [9.17, 15) is 13.6 Å². The third-order valence-corrected chi connectivity index (χ3v) is 5.65. The number of piperidine rings is 1. The average Bonchev–Trinajstić information content (AvgIpc) is 2.79. The van der Waals surface area contributed by atoms with Gasteiger partial charge in [0.05, 0.1) is 6.61 Å². The van der Waals surface area contributed by atoms with E-state index in [1.165, 1.54) is 0 Å². The van der Waals surface area contributed by atoms with Gasteiger partial charge in [-0.1, -0.05) is 6.08 Å². The molecule has 2 aliphatic carbocycles. The zero-order valence-electron chi connectivity index (χ0n) is 11.5. The van der Waals surface area contributed by atoms with E-state index < -0.39 is 11.3 Å². The summed E-state index contributed by atoms with van der Waals surface area (Å²) in [5, 5.41) is 0. The molecule has 0 aromatic carbocycles. The number of carbonyl (C=O) groups excluding carboxylic acids is 1. The maximum Gasteiger partial charge on any atom is 0.254 e. The Bertz CT molecular complexity index is 486. The Morgan fingerprint density at radius 1 is 1.25 bits per heavy atom. The Balaban J connectivity index is 1.37. The van der Waals surface area contributed by atoms with Crippen LogP contribution in [-0.4, -0.2) is 43.0 Å². The summed E-state index contributed by atoms with van der Waals surface area (Å²) in [6.07, 6.45) is 4.77. The number of amides is 1. The third kappa shape index (κ3) is 1.68. The molecule has 2 heterocycles. The van der Waals surface area contributed by atoms with E-state index in [-0.39, 0.29) is 17.7 Å². The molecule has 2 aliphatic heterocycles. The molecule has 0 radical (unpaired) electrons. The van der Waals surface area contributed by atoms with Gasteiger partial charge in [-0.15, -0.1) is 0 Å². The average molecular weight is 283 g/mol. The van der Waals surface area contributed by atoms with Crippen LogP contribution < -0.4 is 0 Å². The van der Waals surface area contributed by atoms with E-state index >= 15 is 0 Å². The van der Waals surface area contributed by atoms with Gasteiger partial charge in [0.2, 0.25) is 5.91 Å². The number of carbonyl (C=O) groups is 1. The minimum Gasteiger partial charge on any atom is -0.381 e. The molecule has 0 N–H and O–H groups in total. The molecule has 3 nitrogen and oxygen atoms in total. The van der Waals surface area contributed by atoms with Crippen LogP contribution in [0.5, 0.6) is 0 Å². The molecule has 5 heteroatoms. The fourth-order valence-electron chi connectivity index (χ4n) is 4.00. The topological polar surface area (TPSA) is 29.5 Å². The van der Waals surface area contributed by atoms with Gasteiger partial charge in [-0.2, -0.15) is 0 Å². The van der Waals surface area contributed by atoms with Crippen LogP contribution in [0, 0.1) is 10.8 Å². The molecule has 1 atom stereocenters. The Labute approximate surface area is 117 Å². The van der Waals surface area contributed by atoms with Crippen molar-refractivity contribution in [3.8, 4) is 0 Å². The van der Waals surface area contributed by atoms with E-state index in [4.69, 9.17) is 4.74 Å². The minimum atomic E-state index is -2.48. The lowest BCUT2D eigenvalue weighted by Gasteiger charge is -2.39. The van der Waals surface area contributed by atoms with Crippen molar-refractivity contribution < 1.29 is 18.3 Å². The minimum absolute atomic E-state index is 0.0190. The van der Waals surface area contributed by atoms with Crippen molar-refractivity contribution in [3.63, 3.8) is 0 Å². The molecule has 4 aliphatic rings. The summed E-state index contributed by atoms with van der Waals surface area (Å²) in [5.74, 6) is -2.43. The second-order valence-corrected chi connectivity index (χ2v) is 6.97. The third-order valence-electron chi connectivity index (χ3n) is 5.65. The lowest BCUT2D eigenvalue weighted by molar-refractivity contribution is -0.130. The number of rotatable bonds is 1. The molecule has 0 aromatic heterocycles. The van der Waals surface area contributed by atoms with Crippen molar-refractivity contribution in [3.05, 3.63) is 11.6 Å². The van der Waals surface area contributed by atoms with Crippen molar-refractivity contribution in [2.24, 2.45) is 10.8 Å². The Kier molecular flexibility index (Phi) is 2.43. The fraction of sp³-hybridized carbons (Fsp3) is 0.800. The number of likely N-dealkylation sites (tertiary alicyclic amines) is 1. The van der Waals surface area contributed by atoms with Gasteiger partial charge in [-0.25, -0.2) is 8.78 Å². The normalized spacial score (nSPS) is 36.9. The Hall–Kier alpha value is -0.970. The molecular weight excluding hydrogens is 264 g/mol. The molecule has 0 bridgehead atoms. The highest BCUT2D eigenvalue weighted by molar-refractivity contribution is 5.95. The first-order valence-electron chi connectivity index (χ1n) is 7.42. The van der Waals surface area contributed by atoms with Crippen LogP contribution in [-0.2, 0) is 9.53 Å². The second-order valence-electron chi connectivity index (χ2n) is 6.97. The van der Waals surface area contributed by atoms with Crippen LogP contribution >= 0.6 is 0 Å². The summed E-state index contributed by atoms with van der Waals surface area (Å²) in [6.45, 7) is 2.46. The summed E-state index contributed by atoms with van der Waals surface area (Å²) < 4.78 is 32.0. The van der Waals surface area contributed by atoms with Crippen molar-refractivity contribution in [1.29, 1.82) is 0 Å². The Morgan fingerprint density at radius 3 is 2.40 bits per heavy atom. The number of ether oxygens (including phenoxy) is 1. The van der Waals surface area contributed by atoms with Crippen molar-refractivity contribution in [2.75, 3.05) is 26.3 Å². The fourth-order valence-corrected chi connectivity index (χ4v) is 4.00. The van der Waals surface area contributed by atoms with Crippen molar-refractivity contribution in [1.82, 2.24) is 4.90 Å². The van der Waals surface area contributed by atoms with Crippen LogP contribution in [0.1, 0.15) is 32.1 Å². The summed E-state index contributed by atoms with van der Waals surface area (Å²) in [6, 6.07) is 0. The number of alkyl halides is 2. The number of halogens is 2. The van der Waals surface area contributed by atoms with E-state index in [0.29, 0.717) is 25.9 Å². The molecule has 20 heavy (non-hydrogen) atoms. The van der Waals surface area contributed by atoms with Gasteiger partial charge in [0.1, 0.15) is 0 Å². The van der Waals surface area contributed by atoms with Gasteiger partial charge in [-0.05, 0) is 25.7 Å². The van der Waals surface area contributed by atoms with Crippen LogP contribution in [0.25, 0.3) is 0 Å². The SMILES string of the molecule is O=C(C1=CC2(CCOC2)C1)N1CCC2(CC1)CC2(F)F. The van der Waals surface area contributed by atoms with E-state index in [1.54, 1.807) is 4.90 Å². The maximum absolute atomic E-state index is 13.3. The highest BCUT2D eigenvalue weighted by Gasteiger charge is 2.70. The predicted molar refractivity (Wildman–Crippen MR) is 68.4 cm³/mol. The molecule has 3 fully saturated rings. The maximum atomic E-state index is 13.3. The summed E-state index contributed by atoms with van der Waals surface area (Å²) in [7, 11) is 0. The summed E-state index contributed by atoms with van der Waals surface area (Å²) in [4.78, 5) is 14.1. The second kappa shape index (κ2) is 3.81. The molecule has 2 spiro atoms. The predicted octanol–water partition coefficient (Wildman–Crippen LogP) is 2.37. The molecule has 4 rings (SSSR count). The van der Waals surface area contributed by atoms with Gasteiger partial charge in [0.25, 0.3) is 5.92 Å². The van der Waals surface area contributed by atoms with Gasteiger partial charge in [0.15, 0.2) is 0 Å². The lowest BCUT2D eigenvalue weighted by atomic mass is 9.70. The zero-order chi connectivity index (χ0) is 14.0. The first-order chi connectivity index (χ1) is 9.46. The Morgan fingerprint density at radius 2 is 1.90 bits per heavy atom. The summed E-state index contributed by atoms with van der Waals surface area (Å²) in [5.41, 5.74) is 0.179. The van der Waals surface area contributed by atoms with Crippen LogP contribution in [0.2, 0.25) is 0 Å². The largest absolute Gasteiger partial charge is 0.381 e. The standard InChI is InChI=1S/C15H19F2NO2/c16-15(17)9-14(15)1-4-18(5-2-14)12(19)11-7-13(8-11)3-6-20-10-13/h7H,1-6,8-10H2. The molecule has 1 saturated carbocycles. The molecule has 2 saturated heterocycles. The first kappa shape index (κ1) is 12.7. The van der Waals surface area contributed by atoms with Gasteiger partial charge >= 0.3 is 0 Å².